The fourth-order valence-electron chi connectivity index (χ4n) is 2.47. The van der Waals surface area contributed by atoms with Crippen LogP contribution >= 0.6 is 11.6 Å². The Bertz CT molecular complexity index is 521. The molecule has 0 aromatic carbocycles. The maximum Gasteiger partial charge on any atom is 0.393 e. The lowest BCUT2D eigenvalue weighted by Gasteiger charge is -2.36. The number of hydrogen-bond donors (Lipinski definition) is 1. The van der Waals surface area contributed by atoms with Crippen LogP contribution in [0.5, 0.6) is 0 Å². The fourth-order valence-corrected chi connectivity index (χ4v) is 2.58. The first-order chi connectivity index (χ1) is 10.3. The standard InChI is InChI=1S/C14H17ClF3N3O/c1-9(13(22)20-12-5-4-11(15)7-19-12)21-6-2-3-10(8-21)14(16,17)18/h4-5,7,9-10H,2-3,6,8H2,1H3,(H,19,20,22)/t9-,10+/m0/s1. The van der Waals surface area contributed by atoms with Crippen molar-refractivity contribution in [2.75, 3.05) is 18.4 Å². The number of nitrogens with one attached hydrogen (secondary N) is 1. The molecule has 122 valence electrons. The van der Waals surface area contributed by atoms with Crippen LogP contribution < -0.4 is 5.32 Å². The molecule has 1 aromatic rings. The Balaban J connectivity index is 1.96. The van der Waals surface area contributed by atoms with Crippen LogP contribution in [0.2, 0.25) is 5.02 Å². The van der Waals surface area contributed by atoms with Crippen molar-refractivity contribution in [3.63, 3.8) is 0 Å². The van der Waals surface area contributed by atoms with Gasteiger partial charge in [-0.15, -0.1) is 0 Å². The van der Waals surface area contributed by atoms with Crippen molar-refractivity contribution >= 4 is 23.3 Å². The lowest BCUT2D eigenvalue weighted by molar-refractivity contribution is -0.188. The highest BCUT2D eigenvalue weighted by Gasteiger charge is 2.43. The molecule has 1 fully saturated rings. The van der Waals surface area contributed by atoms with E-state index in [-0.39, 0.29) is 18.9 Å². The van der Waals surface area contributed by atoms with E-state index in [1.807, 2.05) is 0 Å². The van der Waals surface area contributed by atoms with Crippen molar-refractivity contribution in [3.8, 4) is 0 Å². The summed E-state index contributed by atoms with van der Waals surface area (Å²) >= 11 is 5.70. The normalized spacial score (nSPS) is 21.4. The Labute approximate surface area is 131 Å². The molecule has 0 saturated carbocycles. The van der Waals surface area contributed by atoms with E-state index in [4.69, 9.17) is 11.6 Å². The quantitative estimate of drug-likeness (QED) is 0.921. The topological polar surface area (TPSA) is 45.2 Å². The highest BCUT2D eigenvalue weighted by atomic mass is 35.5. The predicted octanol–water partition coefficient (Wildman–Crippen LogP) is 3.34. The molecule has 2 heterocycles. The minimum atomic E-state index is -4.22. The molecule has 1 amide bonds. The molecule has 2 atom stereocenters. The first-order valence-electron chi connectivity index (χ1n) is 7.00. The van der Waals surface area contributed by atoms with Crippen LogP contribution in [0.1, 0.15) is 19.8 Å². The van der Waals surface area contributed by atoms with E-state index in [2.05, 4.69) is 10.3 Å². The molecular weight excluding hydrogens is 319 g/mol. The lowest BCUT2D eigenvalue weighted by Crippen LogP contribution is -2.49. The van der Waals surface area contributed by atoms with Gasteiger partial charge in [0.25, 0.3) is 0 Å². The number of likely N-dealkylation sites (tertiary alicyclic amines) is 1. The molecule has 1 saturated heterocycles. The first-order valence-corrected chi connectivity index (χ1v) is 7.38. The number of carbonyl (C=O) groups excluding carboxylic acids is 1. The van der Waals surface area contributed by atoms with Crippen molar-refractivity contribution in [3.05, 3.63) is 23.4 Å². The van der Waals surface area contributed by atoms with E-state index >= 15 is 0 Å². The molecule has 1 aromatic heterocycles. The minimum Gasteiger partial charge on any atom is -0.309 e. The summed E-state index contributed by atoms with van der Waals surface area (Å²) in [6.07, 6.45) is -2.27. The van der Waals surface area contributed by atoms with Crippen LogP contribution in [-0.2, 0) is 4.79 Å². The number of anilines is 1. The Kier molecular flexibility index (Phi) is 5.28. The molecule has 8 heteroatoms. The van der Waals surface area contributed by atoms with Gasteiger partial charge in [0.2, 0.25) is 5.91 Å². The van der Waals surface area contributed by atoms with Gasteiger partial charge < -0.3 is 5.32 Å². The maximum absolute atomic E-state index is 12.8. The highest BCUT2D eigenvalue weighted by molar-refractivity contribution is 6.30. The van der Waals surface area contributed by atoms with Crippen molar-refractivity contribution < 1.29 is 18.0 Å². The minimum absolute atomic E-state index is 0.118. The van der Waals surface area contributed by atoms with Gasteiger partial charge in [-0.05, 0) is 38.4 Å². The van der Waals surface area contributed by atoms with Crippen molar-refractivity contribution in [1.82, 2.24) is 9.88 Å². The molecule has 1 aliphatic heterocycles. The highest BCUT2D eigenvalue weighted by Crippen LogP contribution is 2.33. The molecule has 0 unspecified atom stereocenters. The summed E-state index contributed by atoms with van der Waals surface area (Å²) in [5.74, 6) is -1.42. The second kappa shape index (κ2) is 6.83. The van der Waals surface area contributed by atoms with Gasteiger partial charge >= 0.3 is 6.18 Å². The third kappa shape index (κ3) is 4.33. The molecule has 2 rings (SSSR count). The summed E-state index contributed by atoms with van der Waals surface area (Å²) < 4.78 is 38.4. The number of halogens is 4. The lowest BCUT2D eigenvalue weighted by atomic mass is 9.96. The van der Waals surface area contributed by atoms with E-state index in [0.717, 1.165) is 0 Å². The van der Waals surface area contributed by atoms with Gasteiger partial charge in [0.15, 0.2) is 0 Å². The second-order valence-electron chi connectivity index (χ2n) is 5.40. The van der Waals surface area contributed by atoms with E-state index in [0.29, 0.717) is 23.8 Å². The van der Waals surface area contributed by atoms with Crippen LogP contribution in [0.15, 0.2) is 18.3 Å². The molecule has 22 heavy (non-hydrogen) atoms. The van der Waals surface area contributed by atoms with Gasteiger partial charge in [0.1, 0.15) is 5.82 Å². The SMILES string of the molecule is C[C@@H](C(=O)Nc1ccc(Cl)cn1)N1CCC[C@@H](C(F)(F)F)C1. The second-order valence-corrected chi connectivity index (χ2v) is 5.84. The number of piperidine rings is 1. The van der Waals surface area contributed by atoms with E-state index in [1.54, 1.807) is 24.0 Å². The Hall–Kier alpha value is -1.34. The van der Waals surface area contributed by atoms with Gasteiger partial charge in [-0.3, -0.25) is 9.69 Å². The van der Waals surface area contributed by atoms with Gasteiger partial charge in [0, 0.05) is 12.7 Å². The van der Waals surface area contributed by atoms with Crippen LogP contribution in [0.3, 0.4) is 0 Å². The van der Waals surface area contributed by atoms with Crippen LogP contribution in [-0.4, -0.2) is 41.1 Å². The van der Waals surface area contributed by atoms with Gasteiger partial charge in [-0.2, -0.15) is 13.2 Å². The van der Waals surface area contributed by atoms with Crippen LogP contribution in [0, 0.1) is 5.92 Å². The number of nitrogens with zero attached hydrogens (tertiary/aromatic N) is 2. The summed E-state index contributed by atoms with van der Waals surface area (Å²) in [6.45, 7) is 1.94. The maximum atomic E-state index is 12.8. The number of hydrogen-bond acceptors (Lipinski definition) is 3. The zero-order valence-corrected chi connectivity index (χ0v) is 12.8. The number of amides is 1. The predicted molar refractivity (Wildman–Crippen MR) is 77.7 cm³/mol. The molecular formula is C14H17ClF3N3O. The monoisotopic (exact) mass is 335 g/mol. The molecule has 0 aliphatic carbocycles. The van der Waals surface area contributed by atoms with E-state index in [9.17, 15) is 18.0 Å². The van der Waals surface area contributed by atoms with Gasteiger partial charge in [-0.1, -0.05) is 11.6 Å². The number of aromatic nitrogens is 1. The fraction of sp³-hybridized carbons (Fsp3) is 0.571. The number of rotatable bonds is 3. The van der Waals surface area contributed by atoms with Crippen molar-refractivity contribution in [2.24, 2.45) is 5.92 Å². The Morgan fingerprint density at radius 1 is 1.50 bits per heavy atom. The van der Waals surface area contributed by atoms with Crippen molar-refractivity contribution in [2.45, 2.75) is 32.0 Å². The molecule has 0 spiro atoms. The third-order valence-corrected chi connectivity index (χ3v) is 4.05. The number of alkyl halides is 3. The summed E-state index contributed by atoms with van der Waals surface area (Å²) in [5.41, 5.74) is 0. The molecule has 4 nitrogen and oxygen atoms in total. The summed E-state index contributed by atoms with van der Waals surface area (Å²) in [6, 6.07) is 2.47. The van der Waals surface area contributed by atoms with Crippen LogP contribution in [0.4, 0.5) is 19.0 Å². The van der Waals surface area contributed by atoms with Gasteiger partial charge in [-0.25, -0.2) is 4.98 Å². The van der Waals surface area contributed by atoms with Crippen molar-refractivity contribution in [1.29, 1.82) is 0 Å². The molecule has 1 aliphatic rings. The number of pyridine rings is 1. The molecule has 1 N–H and O–H groups in total. The largest absolute Gasteiger partial charge is 0.393 e. The van der Waals surface area contributed by atoms with E-state index in [1.165, 1.54) is 6.20 Å². The summed E-state index contributed by atoms with van der Waals surface area (Å²) in [4.78, 5) is 17.6. The number of carbonyl (C=O) groups is 1. The molecule has 0 radical (unpaired) electrons. The molecule has 0 bridgehead atoms. The Morgan fingerprint density at radius 2 is 2.23 bits per heavy atom. The van der Waals surface area contributed by atoms with Crippen LogP contribution in [0.25, 0.3) is 0 Å². The van der Waals surface area contributed by atoms with Gasteiger partial charge in [0.05, 0.1) is 17.0 Å². The summed E-state index contributed by atoms with van der Waals surface area (Å²) in [5, 5.41) is 3.03. The first kappa shape index (κ1) is 17.0. The summed E-state index contributed by atoms with van der Waals surface area (Å²) in [7, 11) is 0. The zero-order valence-electron chi connectivity index (χ0n) is 12.0. The average Bonchev–Trinajstić information content (AvgIpc) is 2.48. The average molecular weight is 336 g/mol. The zero-order chi connectivity index (χ0) is 16.3. The smallest absolute Gasteiger partial charge is 0.309 e. The third-order valence-electron chi connectivity index (χ3n) is 3.82. The Morgan fingerprint density at radius 3 is 2.82 bits per heavy atom. The van der Waals surface area contributed by atoms with E-state index < -0.39 is 18.1 Å².